The highest BCUT2D eigenvalue weighted by Crippen LogP contribution is 2.39. The van der Waals surface area contributed by atoms with Crippen LogP contribution in [0.25, 0.3) is 6.08 Å². The van der Waals surface area contributed by atoms with E-state index in [-0.39, 0.29) is 11.5 Å². The number of rotatable bonds is 3. The van der Waals surface area contributed by atoms with Crippen LogP contribution >= 0.6 is 11.3 Å². The second kappa shape index (κ2) is 6.61. The second-order valence-corrected chi connectivity index (χ2v) is 6.73. The van der Waals surface area contributed by atoms with E-state index in [4.69, 9.17) is 9.47 Å². The summed E-state index contributed by atoms with van der Waals surface area (Å²) in [5, 5.41) is 1.81. The normalized spacial score (nSPS) is 14.2. The van der Waals surface area contributed by atoms with Crippen molar-refractivity contribution in [1.29, 1.82) is 0 Å². The molecule has 4 nitrogen and oxygen atoms in total. The number of ether oxygens (including phenoxy) is 2. The lowest BCUT2D eigenvalue weighted by molar-refractivity contribution is 0.0738. The summed E-state index contributed by atoms with van der Waals surface area (Å²) in [5.74, 6) is 0.483. The Morgan fingerprint density at radius 1 is 1.08 bits per heavy atom. The molecule has 0 fully saturated rings. The summed E-state index contributed by atoms with van der Waals surface area (Å²) in [6.07, 6.45) is 1.71. The number of Topliss-reactive ketones (excluding diaryl/α,β-unsaturated/α-hetero) is 1. The van der Waals surface area contributed by atoms with Crippen LogP contribution < -0.4 is 9.47 Å². The summed E-state index contributed by atoms with van der Waals surface area (Å²) in [6.45, 7) is 1.77. The van der Waals surface area contributed by atoms with E-state index in [9.17, 15) is 9.59 Å². The molecule has 0 atom stereocenters. The van der Waals surface area contributed by atoms with Crippen molar-refractivity contribution in [3.8, 4) is 11.5 Å². The number of carbonyl (C=O) groups is 2. The van der Waals surface area contributed by atoms with E-state index in [0.29, 0.717) is 27.5 Å². The first-order valence-corrected chi connectivity index (χ1v) is 8.90. The maximum absolute atomic E-state index is 12.6. The number of fused-ring (bicyclic) bond motifs is 1. The zero-order chi connectivity index (χ0) is 18.1. The topological polar surface area (TPSA) is 52.6 Å². The molecule has 1 aliphatic rings. The fraction of sp³-hybridized carbons (Fsp3) is 0.0476. The van der Waals surface area contributed by atoms with Crippen molar-refractivity contribution in [1.82, 2.24) is 0 Å². The lowest BCUT2D eigenvalue weighted by Crippen LogP contribution is -2.07. The van der Waals surface area contributed by atoms with Crippen LogP contribution in [0.4, 0.5) is 0 Å². The summed E-state index contributed by atoms with van der Waals surface area (Å²) in [4.78, 5) is 25.3. The van der Waals surface area contributed by atoms with Crippen LogP contribution in [0, 0.1) is 6.92 Å². The molecule has 5 heteroatoms. The Morgan fingerprint density at radius 3 is 2.62 bits per heavy atom. The maximum Gasteiger partial charge on any atom is 0.353 e. The highest BCUT2D eigenvalue weighted by Gasteiger charge is 2.30. The lowest BCUT2D eigenvalue weighted by atomic mass is 10.1. The van der Waals surface area contributed by atoms with Crippen molar-refractivity contribution >= 4 is 29.2 Å². The van der Waals surface area contributed by atoms with Crippen molar-refractivity contribution in [3.63, 3.8) is 0 Å². The average Bonchev–Trinajstić information content (AvgIpc) is 3.28. The Labute approximate surface area is 154 Å². The first-order chi connectivity index (χ1) is 12.6. The van der Waals surface area contributed by atoms with E-state index in [2.05, 4.69) is 0 Å². The van der Waals surface area contributed by atoms with Gasteiger partial charge in [-0.2, -0.15) is 0 Å². The molecular formula is C21H14O4S. The highest BCUT2D eigenvalue weighted by molar-refractivity contribution is 7.12. The van der Waals surface area contributed by atoms with Crippen LogP contribution in [0.5, 0.6) is 11.5 Å². The molecule has 1 aliphatic heterocycles. The van der Waals surface area contributed by atoms with Crippen molar-refractivity contribution in [3.05, 3.63) is 87.3 Å². The summed E-state index contributed by atoms with van der Waals surface area (Å²) in [7, 11) is 0. The van der Waals surface area contributed by atoms with Crippen molar-refractivity contribution in [2.24, 2.45) is 0 Å². The second-order valence-electron chi connectivity index (χ2n) is 5.78. The van der Waals surface area contributed by atoms with Gasteiger partial charge in [0.1, 0.15) is 16.4 Å². The number of benzene rings is 2. The van der Waals surface area contributed by atoms with Gasteiger partial charge in [-0.25, -0.2) is 4.79 Å². The first kappa shape index (κ1) is 16.3. The molecule has 128 valence electrons. The largest absolute Gasteiger partial charge is 0.452 e. The number of ketones is 1. The van der Waals surface area contributed by atoms with E-state index in [1.807, 2.05) is 35.7 Å². The number of esters is 1. The summed E-state index contributed by atoms with van der Waals surface area (Å²) >= 11 is 1.31. The van der Waals surface area contributed by atoms with Gasteiger partial charge in [-0.15, -0.1) is 11.3 Å². The first-order valence-electron chi connectivity index (χ1n) is 8.02. The Bertz CT molecular complexity index is 1020. The fourth-order valence-electron chi connectivity index (χ4n) is 2.72. The quantitative estimate of drug-likeness (QED) is 0.378. The number of hydrogen-bond donors (Lipinski definition) is 0. The van der Waals surface area contributed by atoms with Crippen molar-refractivity contribution < 1.29 is 19.1 Å². The molecule has 0 aliphatic carbocycles. The average molecular weight is 362 g/mol. The fourth-order valence-corrected chi connectivity index (χ4v) is 3.32. The molecular weight excluding hydrogens is 348 g/mol. The minimum atomic E-state index is -0.424. The number of hydrogen-bond acceptors (Lipinski definition) is 5. The Balaban J connectivity index is 1.64. The van der Waals surface area contributed by atoms with Gasteiger partial charge < -0.3 is 9.47 Å². The molecule has 0 radical (unpaired) electrons. The van der Waals surface area contributed by atoms with Gasteiger partial charge in [-0.3, -0.25) is 4.79 Å². The molecule has 0 unspecified atom stereocenters. The Kier molecular flexibility index (Phi) is 4.14. The SMILES string of the molecule is Cc1c(OC(=O)c2cccs2)ccc2c1O/C(=C\c1ccccc1)C2=O. The molecule has 1 aromatic heterocycles. The lowest BCUT2D eigenvalue weighted by Gasteiger charge is -2.09. The van der Waals surface area contributed by atoms with Crippen LogP contribution in [0.3, 0.4) is 0 Å². The van der Waals surface area contributed by atoms with Crippen LogP contribution in [0.1, 0.15) is 31.2 Å². The Morgan fingerprint density at radius 2 is 1.88 bits per heavy atom. The number of thiophene rings is 1. The molecule has 0 saturated carbocycles. The summed E-state index contributed by atoms with van der Waals surface area (Å²) in [5.41, 5.74) is 1.98. The summed E-state index contributed by atoms with van der Waals surface area (Å²) in [6, 6.07) is 16.3. The zero-order valence-electron chi connectivity index (χ0n) is 13.9. The molecule has 0 bridgehead atoms. The van der Waals surface area contributed by atoms with Crippen LogP contribution in [0.2, 0.25) is 0 Å². The van der Waals surface area contributed by atoms with Gasteiger partial charge in [0, 0.05) is 5.56 Å². The predicted octanol–water partition coefficient (Wildman–Crippen LogP) is 4.89. The van der Waals surface area contributed by atoms with Gasteiger partial charge in [-0.1, -0.05) is 36.4 Å². The molecule has 4 rings (SSSR count). The van der Waals surface area contributed by atoms with E-state index in [0.717, 1.165) is 5.56 Å². The minimum absolute atomic E-state index is 0.178. The van der Waals surface area contributed by atoms with Gasteiger partial charge in [0.2, 0.25) is 5.78 Å². The van der Waals surface area contributed by atoms with Gasteiger partial charge in [0.15, 0.2) is 5.76 Å². The standard InChI is InChI=1S/C21H14O4S/c1-13-16(25-21(23)18-8-5-11-26-18)10-9-15-19(22)17(24-20(13)15)12-14-6-3-2-4-7-14/h2-12H,1H3/b17-12-. The monoisotopic (exact) mass is 362 g/mol. The highest BCUT2D eigenvalue weighted by atomic mass is 32.1. The number of allylic oxidation sites excluding steroid dienone is 1. The molecule has 0 saturated heterocycles. The van der Waals surface area contributed by atoms with Crippen molar-refractivity contribution in [2.45, 2.75) is 6.92 Å². The van der Waals surface area contributed by atoms with Crippen LogP contribution in [0.15, 0.2) is 65.7 Å². The molecule has 2 aromatic carbocycles. The van der Waals surface area contributed by atoms with E-state index in [1.54, 1.807) is 37.3 Å². The van der Waals surface area contributed by atoms with Crippen LogP contribution in [-0.2, 0) is 0 Å². The van der Waals surface area contributed by atoms with Gasteiger partial charge >= 0.3 is 5.97 Å². The van der Waals surface area contributed by atoms with Gasteiger partial charge in [0.05, 0.1) is 5.56 Å². The van der Waals surface area contributed by atoms with Crippen LogP contribution in [-0.4, -0.2) is 11.8 Å². The summed E-state index contributed by atoms with van der Waals surface area (Å²) < 4.78 is 11.3. The van der Waals surface area contributed by atoms with Gasteiger partial charge in [0.25, 0.3) is 0 Å². The van der Waals surface area contributed by atoms with Crippen molar-refractivity contribution in [2.75, 3.05) is 0 Å². The molecule has 0 spiro atoms. The third-order valence-corrected chi connectivity index (χ3v) is 4.91. The predicted molar refractivity (Wildman–Crippen MR) is 99.8 cm³/mol. The minimum Gasteiger partial charge on any atom is -0.452 e. The van der Waals surface area contributed by atoms with E-state index >= 15 is 0 Å². The molecule has 0 amide bonds. The third-order valence-electron chi connectivity index (χ3n) is 4.06. The van der Waals surface area contributed by atoms with Gasteiger partial charge in [-0.05, 0) is 42.1 Å². The molecule has 0 N–H and O–H groups in total. The molecule has 26 heavy (non-hydrogen) atoms. The zero-order valence-corrected chi connectivity index (χ0v) is 14.7. The number of carbonyl (C=O) groups excluding carboxylic acids is 2. The van der Waals surface area contributed by atoms with E-state index in [1.165, 1.54) is 11.3 Å². The molecule has 3 aromatic rings. The van der Waals surface area contributed by atoms with E-state index < -0.39 is 5.97 Å². The maximum atomic E-state index is 12.6. The smallest absolute Gasteiger partial charge is 0.353 e. The third kappa shape index (κ3) is 2.93. The Hall–Kier alpha value is -3.18. The molecule has 2 heterocycles.